The summed E-state index contributed by atoms with van der Waals surface area (Å²) >= 11 is 0. The Balaban J connectivity index is 2.81. The van der Waals surface area contributed by atoms with Crippen LogP contribution in [0.2, 0.25) is 0 Å². The Hall–Kier alpha value is -1.64. The van der Waals surface area contributed by atoms with E-state index in [0.29, 0.717) is 0 Å². The van der Waals surface area contributed by atoms with Gasteiger partial charge in [0.2, 0.25) is 0 Å². The molecule has 0 saturated carbocycles. The van der Waals surface area contributed by atoms with Gasteiger partial charge < -0.3 is 4.74 Å². The van der Waals surface area contributed by atoms with Crippen molar-refractivity contribution in [3.63, 3.8) is 0 Å². The fourth-order valence-electron chi connectivity index (χ4n) is 0.868. The van der Waals surface area contributed by atoms with Crippen molar-refractivity contribution in [2.75, 3.05) is 0 Å². The lowest BCUT2D eigenvalue weighted by atomic mass is 10.4. The minimum atomic E-state index is 0.883. The van der Waals surface area contributed by atoms with E-state index in [0.717, 1.165) is 10.6 Å². The van der Waals surface area contributed by atoms with E-state index in [1.807, 2.05) is 6.08 Å². The van der Waals surface area contributed by atoms with Crippen LogP contribution in [0, 0.1) is 0 Å². The van der Waals surface area contributed by atoms with Gasteiger partial charge in [0.05, 0.1) is 16.8 Å². The number of nitrogens with zero attached hydrogens (tertiary/aromatic N) is 2. The van der Waals surface area contributed by atoms with Crippen LogP contribution in [0.1, 0.15) is 0 Å². The molecule has 0 unspecified atom stereocenters. The van der Waals surface area contributed by atoms with Crippen LogP contribution >= 0.6 is 0 Å². The smallest absolute Gasteiger partial charge is 0.116 e. The molecule has 3 nitrogen and oxygen atoms in total. The quantitative estimate of drug-likeness (QED) is 0.496. The largest absolute Gasteiger partial charge is 0.472 e. The SMILES string of the molecule is C1=COC=c2cncnc2=C1. The van der Waals surface area contributed by atoms with Gasteiger partial charge in [-0.1, -0.05) is 0 Å². The highest BCUT2D eigenvalue weighted by atomic mass is 16.5. The molecule has 0 bridgehead atoms. The van der Waals surface area contributed by atoms with Gasteiger partial charge in [0.15, 0.2) is 0 Å². The molecule has 1 aliphatic heterocycles. The van der Waals surface area contributed by atoms with Crippen LogP contribution in [-0.2, 0) is 4.74 Å². The predicted octanol–water partition coefficient (Wildman–Crippen LogP) is -0.461. The number of fused-ring (bicyclic) bond motifs is 1. The molecule has 0 aliphatic carbocycles. The summed E-state index contributed by atoms with van der Waals surface area (Å²) < 4.78 is 5.00. The van der Waals surface area contributed by atoms with Gasteiger partial charge in [-0.25, -0.2) is 9.97 Å². The highest BCUT2D eigenvalue weighted by molar-refractivity contribution is 5.36. The second-order valence-electron chi connectivity index (χ2n) is 2.11. The molecule has 1 aliphatic rings. The Bertz CT molecular complexity index is 395. The fraction of sp³-hybridized carbons (Fsp3) is 0. The van der Waals surface area contributed by atoms with E-state index in [-0.39, 0.29) is 0 Å². The molecule has 0 radical (unpaired) electrons. The summed E-state index contributed by atoms with van der Waals surface area (Å²) in [5, 5.41) is 1.78. The molecular weight excluding hydrogens is 140 g/mol. The molecule has 0 atom stereocenters. The first-order chi connectivity index (χ1) is 5.47. The van der Waals surface area contributed by atoms with Crippen molar-refractivity contribution in [3.8, 4) is 0 Å². The Morgan fingerprint density at radius 1 is 1.36 bits per heavy atom. The Kier molecular flexibility index (Phi) is 1.41. The maximum atomic E-state index is 5.00. The highest BCUT2D eigenvalue weighted by Crippen LogP contribution is 1.81. The van der Waals surface area contributed by atoms with E-state index in [9.17, 15) is 0 Å². The molecule has 0 N–H and O–H groups in total. The van der Waals surface area contributed by atoms with E-state index >= 15 is 0 Å². The summed E-state index contributed by atoms with van der Waals surface area (Å²) in [5.74, 6) is 0. The van der Waals surface area contributed by atoms with Crippen LogP contribution in [0.4, 0.5) is 0 Å². The Labute approximate surface area is 63.4 Å². The lowest BCUT2D eigenvalue weighted by molar-refractivity contribution is 0.461. The van der Waals surface area contributed by atoms with Crippen molar-refractivity contribution in [2.45, 2.75) is 0 Å². The highest BCUT2D eigenvalue weighted by Gasteiger charge is 1.87. The van der Waals surface area contributed by atoms with E-state index in [2.05, 4.69) is 9.97 Å². The van der Waals surface area contributed by atoms with E-state index in [1.54, 1.807) is 24.8 Å². The molecule has 2 rings (SSSR count). The van der Waals surface area contributed by atoms with Gasteiger partial charge in [-0.3, -0.25) is 0 Å². The lowest BCUT2D eigenvalue weighted by Crippen LogP contribution is -2.27. The van der Waals surface area contributed by atoms with Gasteiger partial charge in [-0.15, -0.1) is 0 Å². The topological polar surface area (TPSA) is 35.0 Å². The summed E-state index contributed by atoms with van der Waals surface area (Å²) in [6.45, 7) is 0. The van der Waals surface area contributed by atoms with Gasteiger partial charge in [0, 0.05) is 6.20 Å². The average Bonchev–Trinajstić information content (AvgIpc) is 2.28. The maximum absolute atomic E-state index is 5.00. The molecule has 0 saturated heterocycles. The molecular formula is C8H6N2O. The average molecular weight is 146 g/mol. The van der Waals surface area contributed by atoms with E-state index in [1.165, 1.54) is 6.33 Å². The predicted molar refractivity (Wildman–Crippen MR) is 40.4 cm³/mol. The summed E-state index contributed by atoms with van der Waals surface area (Å²) in [6.07, 6.45) is 10.1. The molecule has 0 aromatic carbocycles. The zero-order chi connectivity index (χ0) is 7.52. The minimum absolute atomic E-state index is 0.883. The number of allylic oxidation sites excluding steroid dienone is 1. The van der Waals surface area contributed by atoms with Crippen LogP contribution in [-0.4, -0.2) is 9.97 Å². The number of hydrogen-bond donors (Lipinski definition) is 0. The van der Waals surface area contributed by atoms with E-state index < -0.39 is 0 Å². The number of hydrogen-bond acceptors (Lipinski definition) is 3. The maximum Gasteiger partial charge on any atom is 0.116 e. The molecule has 1 aromatic rings. The molecule has 54 valence electrons. The number of rotatable bonds is 0. The zero-order valence-electron chi connectivity index (χ0n) is 5.77. The van der Waals surface area contributed by atoms with Crippen LogP contribution in [0.3, 0.4) is 0 Å². The first-order valence-electron chi connectivity index (χ1n) is 3.25. The second kappa shape index (κ2) is 2.54. The minimum Gasteiger partial charge on any atom is -0.472 e. The lowest BCUT2D eigenvalue weighted by Gasteiger charge is -1.85. The van der Waals surface area contributed by atoms with Crippen molar-refractivity contribution in [2.24, 2.45) is 0 Å². The van der Waals surface area contributed by atoms with Crippen LogP contribution in [0.5, 0.6) is 0 Å². The summed E-state index contributed by atoms with van der Waals surface area (Å²) in [4.78, 5) is 7.92. The first kappa shape index (κ1) is 6.09. The van der Waals surface area contributed by atoms with Gasteiger partial charge >= 0.3 is 0 Å². The first-order valence-corrected chi connectivity index (χ1v) is 3.25. The second-order valence-corrected chi connectivity index (χ2v) is 2.11. The van der Waals surface area contributed by atoms with Gasteiger partial charge in [0.1, 0.15) is 12.6 Å². The Morgan fingerprint density at radius 3 is 3.36 bits per heavy atom. The normalized spacial score (nSPS) is 13.5. The molecule has 0 fully saturated rings. The van der Waals surface area contributed by atoms with Crippen molar-refractivity contribution in [1.82, 2.24) is 9.97 Å². The number of aromatic nitrogens is 2. The summed E-state index contributed by atoms with van der Waals surface area (Å²) in [5.41, 5.74) is 0. The third-order valence-electron chi connectivity index (χ3n) is 1.38. The summed E-state index contributed by atoms with van der Waals surface area (Å²) in [6, 6.07) is 0. The third kappa shape index (κ3) is 1.12. The fourth-order valence-corrected chi connectivity index (χ4v) is 0.868. The standard InChI is InChI=1S/C8H6N2O/c1-2-8-7(5-11-3-1)4-9-6-10-8/h1-6H. The molecule has 11 heavy (non-hydrogen) atoms. The van der Waals surface area contributed by atoms with Crippen LogP contribution < -0.4 is 10.6 Å². The van der Waals surface area contributed by atoms with Gasteiger partial charge in [0.25, 0.3) is 0 Å². The van der Waals surface area contributed by atoms with Crippen molar-refractivity contribution in [3.05, 3.63) is 35.4 Å². The van der Waals surface area contributed by atoms with Crippen molar-refractivity contribution in [1.29, 1.82) is 0 Å². The van der Waals surface area contributed by atoms with Crippen molar-refractivity contribution >= 4 is 12.3 Å². The Morgan fingerprint density at radius 2 is 2.36 bits per heavy atom. The van der Waals surface area contributed by atoms with E-state index in [4.69, 9.17) is 4.74 Å². The van der Waals surface area contributed by atoms with Crippen molar-refractivity contribution < 1.29 is 4.74 Å². The van der Waals surface area contributed by atoms with Gasteiger partial charge in [-0.2, -0.15) is 0 Å². The molecule has 3 heteroatoms. The van der Waals surface area contributed by atoms with Crippen LogP contribution in [0.25, 0.3) is 12.3 Å². The summed E-state index contributed by atoms with van der Waals surface area (Å²) in [7, 11) is 0. The zero-order valence-corrected chi connectivity index (χ0v) is 5.77. The molecule has 0 spiro atoms. The molecule has 2 heterocycles. The third-order valence-corrected chi connectivity index (χ3v) is 1.38. The molecule has 0 amide bonds. The van der Waals surface area contributed by atoms with Crippen LogP contribution in [0.15, 0.2) is 24.9 Å². The van der Waals surface area contributed by atoms with Gasteiger partial charge in [-0.05, 0) is 12.2 Å². The monoisotopic (exact) mass is 146 g/mol. The molecule has 1 aromatic heterocycles. The number of ether oxygens (including phenoxy) is 1.